The molecule has 0 unspecified atom stereocenters. The van der Waals surface area contributed by atoms with E-state index in [1.807, 2.05) is 37.3 Å². The minimum absolute atomic E-state index is 0.0269. The van der Waals surface area contributed by atoms with Crippen LogP contribution in [0.25, 0.3) is 11.0 Å². The first-order chi connectivity index (χ1) is 14.6. The second-order valence-corrected chi connectivity index (χ2v) is 7.48. The quantitative estimate of drug-likeness (QED) is 0.701. The Morgan fingerprint density at radius 1 is 1.10 bits per heavy atom. The SMILES string of the molecule is CCn1c(=O)n(CC(=O)N2CCC[C@H](C(=O)Nc3ccccn3)C2)c2ccccc21. The number of aromatic nitrogens is 3. The first-order valence-electron chi connectivity index (χ1n) is 10.3. The molecule has 0 spiro atoms. The molecule has 2 aromatic heterocycles. The van der Waals surface area contributed by atoms with Gasteiger partial charge in [-0.1, -0.05) is 18.2 Å². The van der Waals surface area contributed by atoms with Gasteiger partial charge in [0, 0.05) is 25.8 Å². The van der Waals surface area contributed by atoms with Crippen molar-refractivity contribution in [1.29, 1.82) is 0 Å². The number of carbonyl (C=O) groups is 2. The van der Waals surface area contributed by atoms with Gasteiger partial charge in [0.2, 0.25) is 11.8 Å². The van der Waals surface area contributed by atoms with Gasteiger partial charge >= 0.3 is 5.69 Å². The van der Waals surface area contributed by atoms with Gasteiger partial charge in [-0.15, -0.1) is 0 Å². The second-order valence-electron chi connectivity index (χ2n) is 7.48. The summed E-state index contributed by atoms with van der Waals surface area (Å²) in [5.74, 6) is -0.0688. The average Bonchev–Trinajstić information content (AvgIpc) is 3.05. The van der Waals surface area contributed by atoms with Crippen molar-refractivity contribution in [3.05, 3.63) is 59.1 Å². The van der Waals surface area contributed by atoms with Crippen LogP contribution in [0.5, 0.6) is 0 Å². The van der Waals surface area contributed by atoms with E-state index in [1.165, 1.54) is 4.57 Å². The molecule has 0 radical (unpaired) electrons. The molecule has 1 aromatic carbocycles. The zero-order chi connectivity index (χ0) is 21.1. The largest absolute Gasteiger partial charge is 0.340 e. The molecular formula is C22H25N5O3. The van der Waals surface area contributed by atoms with Crippen molar-refractivity contribution in [2.24, 2.45) is 5.92 Å². The number of imidazole rings is 1. The minimum Gasteiger partial charge on any atom is -0.340 e. The Balaban J connectivity index is 1.48. The number of nitrogens with one attached hydrogen (secondary N) is 1. The number of aryl methyl sites for hydroxylation is 1. The number of hydrogen-bond acceptors (Lipinski definition) is 4. The molecule has 2 amide bonds. The summed E-state index contributed by atoms with van der Waals surface area (Å²) in [5, 5.41) is 2.82. The fraction of sp³-hybridized carbons (Fsp3) is 0.364. The number of amides is 2. The van der Waals surface area contributed by atoms with Crippen LogP contribution < -0.4 is 11.0 Å². The summed E-state index contributed by atoms with van der Waals surface area (Å²) in [5.41, 5.74) is 1.39. The normalized spacial score (nSPS) is 16.6. The van der Waals surface area contributed by atoms with E-state index in [2.05, 4.69) is 10.3 Å². The molecule has 3 aromatic rings. The van der Waals surface area contributed by atoms with Crippen molar-refractivity contribution in [2.75, 3.05) is 18.4 Å². The van der Waals surface area contributed by atoms with Crippen LogP contribution in [0.4, 0.5) is 5.82 Å². The lowest BCUT2D eigenvalue weighted by atomic mass is 9.97. The summed E-state index contributed by atoms with van der Waals surface area (Å²) >= 11 is 0. The van der Waals surface area contributed by atoms with E-state index in [1.54, 1.807) is 27.8 Å². The fourth-order valence-electron chi connectivity index (χ4n) is 4.05. The van der Waals surface area contributed by atoms with E-state index < -0.39 is 0 Å². The number of benzene rings is 1. The molecule has 3 heterocycles. The van der Waals surface area contributed by atoms with Crippen molar-refractivity contribution >= 4 is 28.7 Å². The summed E-state index contributed by atoms with van der Waals surface area (Å²) in [6, 6.07) is 12.8. The smallest absolute Gasteiger partial charge is 0.329 e. The number of anilines is 1. The van der Waals surface area contributed by atoms with E-state index in [0.717, 1.165) is 23.9 Å². The van der Waals surface area contributed by atoms with Crippen LogP contribution >= 0.6 is 0 Å². The molecule has 1 atom stereocenters. The molecule has 1 saturated heterocycles. The second kappa shape index (κ2) is 8.52. The highest BCUT2D eigenvalue weighted by molar-refractivity contribution is 5.92. The molecule has 8 heteroatoms. The Morgan fingerprint density at radius 3 is 2.53 bits per heavy atom. The maximum absolute atomic E-state index is 13.0. The van der Waals surface area contributed by atoms with E-state index in [9.17, 15) is 14.4 Å². The highest BCUT2D eigenvalue weighted by Gasteiger charge is 2.29. The predicted molar refractivity (Wildman–Crippen MR) is 114 cm³/mol. The van der Waals surface area contributed by atoms with Crippen molar-refractivity contribution in [3.8, 4) is 0 Å². The highest BCUT2D eigenvalue weighted by Crippen LogP contribution is 2.19. The predicted octanol–water partition coefficient (Wildman–Crippen LogP) is 2.10. The van der Waals surface area contributed by atoms with Gasteiger partial charge in [0.05, 0.1) is 17.0 Å². The summed E-state index contributed by atoms with van der Waals surface area (Å²) in [6.45, 7) is 3.36. The number of rotatable bonds is 5. The summed E-state index contributed by atoms with van der Waals surface area (Å²) < 4.78 is 3.20. The lowest BCUT2D eigenvalue weighted by molar-refractivity contribution is -0.135. The average molecular weight is 407 g/mol. The number of likely N-dealkylation sites (tertiary alicyclic amines) is 1. The van der Waals surface area contributed by atoms with Gasteiger partial charge < -0.3 is 10.2 Å². The maximum atomic E-state index is 13.0. The summed E-state index contributed by atoms with van der Waals surface area (Å²) in [7, 11) is 0. The van der Waals surface area contributed by atoms with Crippen molar-refractivity contribution < 1.29 is 9.59 Å². The Labute approximate surface area is 174 Å². The van der Waals surface area contributed by atoms with Gasteiger partial charge in [-0.2, -0.15) is 0 Å². The van der Waals surface area contributed by atoms with Gasteiger partial charge in [-0.05, 0) is 44.0 Å². The molecular weight excluding hydrogens is 382 g/mol. The van der Waals surface area contributed by atoms with E-state index in [4.69, 9.17) is 0 Å². The van der Waals surface area contributed by atoms with Gasteiger partial charge in [-0.3, -0.25) is 18.7 Å². The van der Waals surface area contributed by atoms with Gasteiger partial charge in [0.1, 0.15) is 12.4 Å². The lowest BCUT2D eigenvalue weighted by Crippen LogP contribution is -2.45. The zero-order valence-electron chi connectivity index (χ0n) is 17.0. The lowest BCUT2D eigenvalue weighted by Gasteiger charge is -2.32. The van der Waals surface area contributed by atoms with Crippen LogP contribution in [0.15, 0.2) is 53.5 Å². The van der Waals surface area contributed by atoms with Crippen LogP contribution in [0.3, 0.4) is 0 Å². The van der Waals surface area contributed by atoms with Gasteiger partial charge in [0.15, 0.2) is 0 Å². The number of fused-ring (bicyclic) bond motifs is 1. The topological polar surface area (TPSA) is 89.2 Å². The Bertz CT molecular complexity index is 1120. The van der Waals surface area contributed by atoms with Crippen LogP contribution in [0.2, 0.25) is 0 Å². The molecule has 0 bridgehead atoms. The fourth-order valence-corrected chi connectivity index (χ4v) is 4.05. The molecule has 8 nitrogen and oxygen atoms in total. The minimum atomic E-state index is -0.293. The van der Waals surface area contributed by atoms with Crippen LogP contribution in [0, 0.1) is 5.92 Å². The third-order valence-electron chi connectivity index (χ3n) is 5.60. The first kappa shape index (κ1) is 19.9. The van der Waals surface area contributed by atoms with Crippen LogP contribution in [-0.2, 0) is 22.7 Å². The van der Waals surface area contributed by atoms with Gasteiger partial charge in [0.25, 0.3) is 0 Å². The third kappa shape index (κ3) is 3.85. The third-order valence-corrected chi connectivity index (χ3v) is 5.60. The number of nitrogens with zero attached hydrogens (tertiary/aromatic N) is 4. The highest BCUT2D eigenvalue weighted by atomic mass is 16.2. The standard InChI is InChI=1S/C22H25N5O3/c1-2-26-17-9-3-4-10-18(17)27(22(26)30)15-20(28)25-13-7-8-16(14-25)21(29)24-19-11-5-6-12-23-19/h3-6,9-12,16H,2,7-8,13-15H2,1H3,(H,23,24,29)/t16-/m0/s1. The molecule has 1 aliphatic rings. The first-order valence-corrected chi connectivity index (χ1v) is 10.3. The maximum Gasteiger partial charge on any atom is 0.329 e. The van der Waals surface area contributed by atoms with Crippen LogP contribution in [0.1, 0.15) is 19.8 Å². The monoisotopic (exact) mass is 407 g/mol. The Hall–Kier alpha value is -3.42. The molecule has 30 heavy (non-hydrogen) atoms. The van der Waals surface area contributed by atoms with Crippen molar-refractivity contribution in [2.45, 2.75) is 32.9 Å². The van der Waals surface area contributed by atoms with Crippen molar-refractivity contribution in [3.63, 3.8) is 0 Å². The van der Waals surface area contributed by atoms with Gasteiger partial charge in [-0.25, -0.2) is 9.78 Å². The molecule has 156 valence electrons. The van der Waals surface area contributed by atoms with E-state index in [-0.39, 0.29) is 30.0 Å². The molecule has 0 saturated carbocycles. The van der Waals surface area contributed by atoms with E-state index in [0.29, 0.717) is 25.5 Å². The number of pyridine rings is 1. The van der Waals surface area contributed by atoms with Crippen molar-refractivity contribution in [1.82, 2.24) is 19.0 Å². The Morgan fingerprint density at radius 2 is 1.83 bits per heavy atom. The molecule has 1 fully saturated rings. The van der Waals surface area contributed by atoms with E-state index >= 15 is 0 Å². The Kier molecular flexibility index (Phi) is 5.65. The number of piperidine rings is 1. The summed E-state index contributed by atoms with van der Waals surface area (Å²) in [6.07, 6.45) is 3.09. The number of carbonyl (C=O) groups excluding carboxylic acids is 2. The molecule has 0 aliphatic carbocycles. The number of para-hydroxylation sites is 2. The zero-order valence-corrected chi connectivity index (χ0v) is 17.0. The molecule has 4 rings (SSSR count). The summed E-state index contributed by atoms with van der Waals surface area (Å²) in [4.78, 5) is 44.2. The molecule has 1 aliphatic heterocycles. The number of hydrogen-bond donors (Lipinski definition) is 1. The van der Waals surface area contributed by atoms with Crippen LogP contribution in [-0.4, -0.2) is 43.9 Å². The molecule has 1 N–H and O–H groups in total.